The lowest BCUT2D eigenvalue weighted by atomic mass is 10.1. The molecule has 2 rings (SSSR count). The number of amides is 1. The number of benzene rings is 1. The minimum absolute atomic E-state index is 0.148. The number of rotatable bonds is 4. The van der Waals surface area contributed by atoms with Crippen LogP contribution in [0.2, 0.25) is 0 Å². The van der Waals surface area contributed by atoms with Gasteiger partial charge in [0.05, 0.1) is 29.5 Å². The monoisotopic (exact) mass is 275 g/mol. The Morgan fingerprint density at radius 2 is 2.15 bits per heavy atom. The lowest BCUT2D eigenvalue weighted by Gasteiger charge is -2.04. The highest BCUT2D eigenvalue weighted by Crippen LogP contribution is 2.11. The standard InChI is InChI=1S/C13H13N3O4/c1-2-20-13(19)7-3-4-9-8(5-7)12(18)16-11(15-9)6-10(14)17/h3-5H,2,6H2,1H3,(H2,14,17)(H,15,16,18). The first-order valence-electron chi connectivity index (χ1n) is 5.99. The van der Waals surface area contributed by atoms with Crippen LogP contribution in [0.5, 0.6) is 0 Å². The lowest BCUT2D eigenvalue weighted by Crippen LogP contribution is -2.20. The van der Waals surface area contributed by atoms with Gasteiger partial charge in [0.25, 0.3) is 5.56 Å². The minimum atomic E-state index is -0.587. The lowest BCUT2D eigenvalue weighted by molar-refractivity contribution is -0.117. The van der Waals surface area contributed by atoms with Crippen LogP contribution in [0.15, 0.2) is 23.0 Å². The molecule has 7 heteroatoms. The summed E-state index contributed by atoms with van der Waals surface area (Å²) < 4.78 is 4.86. The molecule has 104 valence electrons. The average molecular weight is 275 g/mol. The molecule has 1 aromatic carbocycles. The van der Waals surface area contributed by atoms with Crippen LogP contribution < -0.4 is 11.3 Å². The number of ether oxygens (including phenoxy) is 1. The van der Waals surface area contributed by atoms with Gasteiger partial charge in [-0.1, -0.05) is 0 Å². The van der Waals surface area contributed by atoms with E-state index in [0.717, 1.165) is 0 Å². The molecule has 0 aliphatic heterocycles. The van der Waals surface area contributed by atoms with E-state index < -0.39 is 17.4 Å². The SMILES string of the molecule is CCOC(=O)c1ccc2nc(CC(N)=O)[nH]c(=O)c2c1. The van der Waals surface area contributed by atoms with Crippen LogP contribution >= 0.6 is 0 Å². The van der Waals surface area contributed by atoms with Crippen molar-refractivity contribution in [2.45, 2.75) is 13.3 Å². The van der Waals surface area contributed by atoms with Crippen molar-refractivity contribution in [2.24, 2.45) is 5.73 Å². The van der Waals surface area contributed by atoms with Gasteiger partial charge in [-0.3, -0.25) is 9.59 Å². The smallest absolute Gasteiger partial charge is 0.338 e. The second kappa shape index (κ2) is 5.52. The summed E-state index contributed by atoms with van der Waals surface area (Å²) in [5.74, 6) is -0.899. The maximum atomic E-state index is 11.9. The number of aromatic nitrogens is 2. The molecule has 1 amide bonds. The highest BCUT2D eigenvalue weighted by Gasteiger charge is 2.11. The Hall–Kier alpha value is -2.70. The quantitative estimate of drug-likeness (QED) is 0.769. The molecule has 0 aliphatic rings. The topological polar surface area (TPSA) is 115 Å². The number of nitrogens with two attached hydrogens (primary N) is 1. The summed E-state index contributed by atoms with van der Waals surface area (Å²) in [6, 6.07) is 4.45. The molecule has 2 aromatic rings. The van der Waals surface area contributed by atoms with Gasteiger partial charge in [-0.15, -0.1) is 0 Å². The van der Waals surface area contributed by atoms with E-state index >= 15 is 0 Å². The highest BCUT2D eigenvalue weighted by atomic mass is 16.5. The fraction of sp³-hybridized carbons (Fsp3) is 0.231. The van der Waals surface area contributed by atoms with Crippen LogP contribution in [0, 0.1) is 0 Å². The van der Waals surface area contributed by atoms with E-state index in [4.69, 9.17) is 10.5 Å². The van der Waals surface area contributed by atoms with Gasteiger partial charge in [-0.05, 0) is 25.1 Å². The Bertz CT molecular complexity index is 736. The summed E-state index contributed by atoms with van der Waals surface area (Å²) in [6.45, 7) is 1.95. The van der Waals surface area contributed by atoms with Crippen LogP contribution in [0.4, 0.5) is 0 Å². The first-order chi connectivity index (χ1) is 9.51. The maximum absolute atomic E-state index is 11.9. The number of aromatic amines is 1. The third-order valence-corrected chi connectivity index (χ3v) is 2.61. The number of hydrogen-bond donors (Lipinski definition) is 2. The summed E-state index contributed by atoms with van der Waals surface area (Å²) in [4.78, 5) is 40.9. The van der Waals surface area contributed by atoms with E-state index in [0.29, 0.717) is 5.52 Å². The van der Waals surface area contributed by atoms with Crippen molar-refractivity contribution in [2.75, 3.05) is 6.61 Å². The molecule has 0 bridgehead atoms. The second-order valence-corrected chi connectivity index (χ2v) is 4.11. The molecule has 1 aromatic heterocycles. The summed E-state index contributed by atoms with van der Waals surface area (Å²) in [5, 5.41) is 0.253. The van der Waals surface area contributed by atoms with E-state index in [-0.39, 0.29) is 29.8 Å². The number of fused-ring (bicyclic) bond motifs is 1. The first kappa shape index (κ1) is 13.7. The molecule has 0 atom stereocenters. The maximum Gasteiger partial charge on any atom is 0.338 e. The number of nitrogens with one attached hydrogen (secondary N) is 1. The van der Waals surface area contributed by atoms with Gasteiger partial charge in [0, 0.05) is 0 Å². The molecule has 0 unspecified atom stereocenters. The zero-order chi connectivity index (χ0) is 14.7. The number of carbonyl (C=O) groups excluding carboxylic acids is 2. The van der Waals surface area contributed by atoms with Crippen molar-refractivity contribution in [3.8, 4) is 0 Å². The Balaban J connectivity index is 2.49. The number of primary amides is 1. The third kappa shape index (κ3) is 2.82. The van der Waals surface area contributed by atoms with Crippen molar-refractivity contribution in [3.05, 3.63) is 39.9 Å². The molecule has 0 saturated carbocycles. The van der Waals surface area contributed by atoms with Crippen molar-refractivity contribution >= 4 is 22.8 Å². The molecule has 0 fully saturated rings. The van der Waals surface area contributed by atoms with Gasteiger partial charge in [-0.2, -0.15) is 0 Å². The molecule has 0 radical (unpaired) electrons. The normalized spacial score (nSPS) is 10.4. The Morgan fingerprint density at radius 1 is 1.40 bits per heavy atom. The van der Waals surface area contributed by atoms with Crippen molar-refractivity contribution in [3.63, 3.8) is 0 Å². The second-order valence-electron chi connectivity index (χ2n) is 4.11. The number of H-pyrrole nitrogens is 1. The van der Waals surface area contributed by atoms with Crippen LogP contribution in [0.1, 0.15) is 23.1 Å². The highest BCUT2D eigenvalue weighted by molar-refractivity contribution is 5.94. The first-order valence-corrected chi connectivity index (χ1v) is 5.99. The fourth-order valence-electron chi connectivity index (χ4n) is 1.78. The zero-order valence-corrected chi connectivity index (χ0v) is 10.8. The van der Waals surface area contributed by atoms with E-state index in [9.17, 15) is 14.4 Å². The summed E-state index contributed by atoms with van der Waals surface area (Å²) in [7, 11) is 0. The van der Waals surface area contributed by atoms with Gasteiger partial charge in [0.2, 0.25) is 5.91 Å². The van der Waals surface area contributed by atoms with Gasteiger partial charge >= 0.3 is 5.97 Å². The van der Waals surface area contributed by atoms with Gasteiger partial charge in [0.15, 0.2) is 0 Å². The van der Waals surface area contributed by atoms with Crippen LogP contribution in [-0.2, 0) is 16.0 Å². The molecule has 3 N–H and O–H groups in total. The molecule has 7 nitrogen and oxygen atoms in total. The molecule has 0 spiro atoms. The predicted octanol–water partition coefficient (Wildman–Crippen LogP) is 0.128. The Morgan fingerprint density at radius 3 is 2.80 bits per heavy atom. The molecule has 20 heavy (non-hydrogen) atoms. The van der Waals surface area contributed by atoms with E-state index in [2.05, 4.69) is 9.97 Å². The summed E-state index contributed by atoms with van der Waals surface area (Å²) >= 11 is 0. The zero-order valence-electron chi connectivity index (χ0n) is 10.8. The van der Waals surface area contributed by atoms with E-state index in [1.54, 1.807) is 6.92 Å². The summed E-state index contributed by atoms with van der Waals surface area (Å²) in [5.41, 5.74) is 5.28. The van der Waals surface area contributed by atoms with Gasteiger partial charge < -0.3 is 15.5 Å². The number of hydrogen-bond acceptors (Lipinski definition) is 5. The fourth-order valence-corrected chi connectivity index (χ4v) is 1.78. The Kier molecular flexibility index (Phi) is 3.79. The minimum Gasteiger partial charge on any atom is -0.462 e. The van der Waals surface area contributed by atoms with E-state index in [1.807, 2.05) is 0 Å². The van der Waals surface area contributed by atoms with Crippen molar-refractivity contribution < 1.29 is 14.3 Å². The largest absolute Gasteiger partial charge is 0.462 e. The predicted molar refractivity (Wildman–Crippen MR) is 71.2 cm³/mol. The molecular formula is C13H13N3O4. The van der Waals surface area contributed by atoms with Crippen LogP contribution in [-0.4, -0.2) is 28.5 Å². The number of nitrogens with zero attached hydrogens (tertiary/aromatic N) is 1. The van der Waals surface area contributed by atoms with Crippen LogP contribution in [0.3, 0.4) is 0 Å². The molecule has 0 saturated heterocycles. The third-order valence-electron chi connectivity index (χ3n) is 2.61. The van der Waals surface area contributed by atoms with Crippen molar-refractivity contribution in [1.29, 1.82) is 0 Å². The Labute approximate surface area is 113 Å². The van der Waals surface area contributed by atoms with E-state index in [1.165, 1.54) is 18.2 Å². The number of carbonyl (C=O) groups is 2. The molecule has 0 aliphatic carbocycles. The average Bonchev–Trinajstić information content (AvgIpc) is 2.38. The number of esters is 1. The summed E-state index contributed by atoms with van der Waals surface area (Å²) in [6.07, 6.45) is -0.148. The molecule has 1 heterocycles. The van der Waals surface area contributed by atoms with Gasteiger partial charge in [0.1, 0.15) is 5.82 Å². The van der Waals surface area contributed by atoms with Gasteiger partial charge in [-0.25, -0.2) is 9.78 Å². The molecular weight excluding hydrogens is 262 g/mol. The van der Waals surface area contributed by atoms with Crippen LogP contribution in [0.25, 0.3) is 10.9 Å². The van der Waals surface area contributed by atoms with Crippen molar-refractivity contribution in [1.82, 2.24) is 9.97 Å².